The number of anilines is 1. The Bertz CT molecular complexity index is 1060. The highest BCUT2D eigenvalue weighted by Crippen LogP contribution is 2.37. The monoisotopic (exact) mass is 487 g/mol. The van der Waals surface area contributed by atoms with Crippen LogP contribution < -0.4 is 15.5 Å². The third-order valence-corrected chi connectivity index (χ3v) is 6.39. The fraction of sp³-hybridized carbons (Fsp3) is 0.481. The second kappa shape index (κ2) is 10.8. The van der Waals surface area contributed by atoms with Gasteiger partial charge in [-0.15, -0.1) is 0 Å². The highest BCUT2D eigenvalue weighted by atomic mass is 19.1. The van der Waals surface area contributed by atoms with Crippen molar-refractivity contribution < 1.29 is 23.5 Å². The van der Waals surface area contributed by atoms with Gasteiger partial charge in [0.1, 0.15) is 11.6 Å². The molecule has 0 bridgehead atoms. The first kappa shape index (κ1) is 26.8. The Morgan fingerprint density at radius 3 is 2.34 bits per heavy atom. The molecule has 35 heavy (non-hydrogen) atoms. The van der Waals surface area contributed by atoms with Gasteiger partial charge >= 0.3 is 0 Å². The minimum Gasteiger partial charge on any atom is -0.390 e. The van der Waals surface area contributed by atoms with Crippen LogP contribution in [0, 0.1) is 11.6 Å². The van der Waals surface area contributed by atoms with Crippen LogP contribution >= 0.6 is 0 Å². The number of benzene rings is 2. The van der Waals surface area contributed by atoms with E-state index in [4.69, 9.17) is 0 Å². The second-order valence-corrected chi connectivity index (χ2v) is 10.3. The Balaban J connectivity index is 1.80. The van der Waals surface area contributed by atoms with Gasteiger partial charge < -0.3 is 20.6 Å². The number of amides is 2. The minimum absolute atomic E-state index is 0.0266. The number of carbonyl (C=O) groups is 2. The lowest BCUT2D eigenvalue weighted by Crippen LogP contribution is -2.49. The molecule has 0 fully saturated rings. The van der Waals surface area contributed by atoms with Crippen LogP contribution in [-0.2, 0) is 21.4 Å². The van der Waals surface area contributed by atoms with Gasteiger partial charge in [0.2, 0.25) is 11.8 Å². The number of fused-ring (bicyclic) bond motifs is 1. The van der Waals surface area contributed by atoms with E-state index in [0.29, 0.717) is 18.5 Å². The lowest BCUT2D eigenvalue weighted by atomic mass is 9.83. The highest BCUT2D eigenvalue weighted by molar-refractivity contribution is 5.93. The zero-order valence-electron chi connectivity index (χ0n) is 21.0. The number of aliphatic hydroxyl groups excluding tert-OH is 1. The van der Waals surface area contributed by atoms with Gasteiger partial charge in [-0.05, 0) is 53.1 Å². The zero-order chi connectivity index (χ0) is 25.9. The van der Waals surface area contributed by atoms with Crippen LogP contribution in [0.1, 0.15) is 63.8 Å². The number of nitrogens with zero attached hydrogens (tertiary/aromatic N) is 1. The van der Waals surface area contributed by atoms with Crippen LogP contribution in [0.4, 0.5) is 14.5 Å². The van der Waals surface area contributed by atoms with Gasteiger partial charge in [-0.1, -0.05) is 32.9 Å². The van der Waals surface area contributed by atoms with Crippen molar-refractivity contribution in [3.8, 4) is 0 Å². The van der Waals surface area contributed by atoms with E-state index in [1.165, 1.54) is 19.1 Å². The molecular formula is C27H35F2N3O3. The fourth-order valence-electron chi connectivity index (χ4n) is 4.55. The molecule has 0 saturated carbocycles. The molecule has 3 atom stereocenters. The number of hydrogen-bond donors (Lipinski definition) is 3. The van der Waals surface area contributed by atoms with Crippen LogP contribution in [0.3, 0.4) is 0 Å². The van der Waals surface area contributed by atoms with Crippen molar-refractivity contribution in [1.29, 1.82) is 0 Å². The van der Waals surface area contributed by atoms with Crippen LogP contribution in [0.25, 0.3) is 0 Å². The predicted octanol–water partition coefficient (Wildman–Crippen LogP) is 3.76. The van der Waals surface area contributed by atoms with E-state index in [1.807, 2.05) is 12.1 Å². The summed E-state index contributed by atoms with van der Waals surface area (Å²) in [6, 6.07) is 8.44. The van der Waals surface area contributed by atoms with Gasteiger partial charge in [0.05, 0.1) is 12.1 Å². The second-order valence-electron chi connectivity index (χ2n) is 10.3. The molecule has 1 heterocycles. The van der Waals surface area contributed by atoms with E-state index >= 15 is 0 Å². The number of carbonyl (C=O) groups excluding carboxylic acids is 2. The molecule has 2 amide bonds. The number of halogens is 2. The number of nitrogens with one attached hydrogen (secondary N) is 2. The van der Waals surface area contributed by atoms with Gasteiger partial charge in [0.15, 0.2) is 0 Å². The lowest BCUT2D eigenvalue weighted by molar-refractivity contribution is -0.120. The Morgan fingerprint density at radius 2 is 1.77 bits per heavy atom. The van der Waals surface area contributed by atoms with Gasteiger partial charge in [0, 0.05) is 44.7 Å². The van der Waals surface area contributed by atoms with Gasteiger partial charge in [0.25, 0.3) is 0 Å². The maximum absolute atomic E-state index is 13.6. The molecule has 1 aliphatic heterocycles. The normalized spacial score (nSPS) is 17.5. The molecule has 0 aliphatic carbocycles. The van der Waals surface area contributed by atoms with Gasteiger partial charge in [-0.2, -0.15) is 0 Å². The molecule has 3 N–H and O–H groups in total. The molecule has 2 aromatic rings. The predicted molar refractivity (Wildman–Crippen MR) is 132 cm³/mol. The zero-order valence-corrected chi connectivity index (χ0v) is 21.0. The van der Waals surface area contributed by atoms with E-state index < -0.39 is 23.8 Å². The summed E-state index contributed by atoms with van der Waals surface area (Å²) >= 11 is 0. The number of aliphatic hydroxyl groups is 1. The lowest BCUT2D eigenvalue weighted by Gasteiger charge is -2.36. The van der Waals surface area contributed by atoms with Gasteiger partial charge in [-0.25, -0.2) is 8.78 Å². The molecule has 6 nitrogen and oxygen atoms in total. The van der Waals surface area contributed by atoms with E-state index in [-0.39, 0.29) is 36.2 Å². The average Bonchev–Trinajstić information content (AvgIpc) is 2.74. The van der Waals surface area contributed by atoms with Crippen molar-refractivity contribution in [2.24, 2.45) is 0 Å². The maximum Gasteiger partial charge on any atom is 0.223 e. The smallest absolute Gasteiger partial charge is 0.223 e. The van der Waals surface area contributed by atoms with Gasteiger partial charge in [-0.3, -0.25) is 9.59 Å². The SMILES string of the molecule is CC(=O)N[C@@H](Cc1cc(F)cc(F)c1)[C@H](O)CN[C@H]1CCN(C(C)=O)c2ccc(C(C)(C)C)cc21. The molecule has 0 spiro atoms. The number of hydrogen-bond acceptors (Lipinski definition) is 4. The topological polar surface area (TPSA) is 81.7 Å². The van der Waals surface area contributed by atoms with Crippen LogP contribution in [0.15, 0.2) is 36.4 Å². The quantitative estimate of drug-likeness (QED) is 0.556. The summed E-state index contributed by atoms with van der Waals surface area (Å²) in [4.78, 5) is 25.7. The molecule has 1 aliphatic rings. The molecule has 0 unspecified atom stereocenters. The van der Waals surface area contributed by atoms with Crippen LogP contribution in [0.5, 0.6) is 0 Å². The molecule has 0 radical (unpaired) electrons. The Labute approximate surface area is 205 Å². The first-order valence-corrected chi connectivity index (χ1v) is 11.9. The van der Waals surface area contributed by atoms with E-state index in [0.717, 1.165) is 22.9 Å². The van der Waals surface area contributed by atoms with Crippen LogP contribution in [-0.4, -0.2) is 42.2 Å². The van der Waals surface area contributed by atoms with E-state index in [2.05, 4.69) is 37.5 Å². The molecule has 190 valence electrons. The summed E-state index contributed by atoms with van der Waals surface area (Å²) in [5.41, 5.74) is 3.23. The summed E-state index contributed by atoms with van der Waals surface area (Å²) in [7, 11) is 0. The third kappa shape index (κ3) is 6.86. The summed E-state index contributed by atoms with van der Waals surface area (Å²) in [6.07, 6.45) is -0.275. The Kier molecular flexibility index (Phi) is 8.28. The first-order valence-electron chi connectivity index (χ1n) is 11.9. The summed E-state index contributed by atoms with van der Waals surface area (Å²) in [6.45, 7) is 9.95. The van der Waals surface area contributed by atoms with Crippen molar-refractivity contribution in [3.63, 3.8) is 0 Å². The standard InChI is InChI=1S/C27H35F2N3O3/c1-16(33)31-24(12-18-10-20(28)14-21(29)11-18)26(35)15-30-23-8-9-32(17(2)34)25-7-6-19(13-22(23)25)27(3,4)5/h6-7,10-11,13-14,23-24,26,30,35H,8-9,12,15H2,1-5H3,(H,31,33)/t23-,24-,26+/m0/s1. The summed E-state index contributed by atoms with van der Waals surface area (Å²) < 4.78 is 27.3. The molecule has 2 aromatic carbocycles. The first-order chi connectivity index (χ1) is 16.3. The maximum atomic E-state index is 13.6. The van der Waals surface area contributed by atoms with Crippen molar-refractivity contribution in [1.82, 2.24) is 10.6 Å². The Hall–Kier alpha value is -2.84. The minimum atomic E-state index is -1.01. The molecule has 0 saturated heterocycles. The molecule has 3 rings (SSSR count). The average molecular weight is 488 g/mol. The Morgan fingerprint density at radius 1 is 1.11 bits per heavy atom. The van der Waals surface area contributed by atoms with Crippen molar-refractivity contribution in [2.75, 3.05) is 18.0 Å². The van der Waals surface area contributed by atoms with E-state index in [9.17, 15) is 23.5 Å². The van der Waals surface area contributed by atoms with Crippen molar-refractivity contribution >= 4 is 17.5 Å². The number of rotatable bonds is 7. The van der Waals surface area contributed by atoms with E-state index in [1.54, 1.807) is 11.8 Å². The third-order valence-electron chi connectivity index (χ3n) is 6.39. The molecule has 0 aromatic heterocycles. The van der Waals surface area contributed by atoms with Crippen molar-refractivity contribution in [3.05, 3.63) is 64.7 Å². The highest BCUT2D eigenvalue weighted by Gasteiger charge is 2.30. The molecule has 8 heteroatoms. The summed E-state index contributed by atoms with van der Waals surface area (Å²) in [5.74, 6) is -1.79. The van der Waals surface area contributed by atoms with Crippen molar-refractivity contribution in [2.45, 2.75) is 71.1 Å². The summed E-state index contributed by atoms with van der Waals surface area (Å²) in [5, 5.41) is 17.0. The van der Waals surface area contributed by atoms with Crippen LogP contribution in [0.2, 0.25) is 0 Å². The molecular weight excluding hydrogens is 452 g/mol. The largest absolute Gasteiger partial charge is 0.390 e. The fourth-order valence-corrected chi connectivity index (χ4v) is 4.55.